The minimum atomic E-state index is 0.626. The van der Waals surface area contributed by atoms with Crippen LogP contribution < -0.4 is 5.32 Å². The summed E-state index contributed by atoms with van der Waals surface area (Å²) >= 11 is 0. The Kier molecular flexibility index (Phi) is 2.18. The van der Waals surface area contributed by atoms with Crippen molar-refractivity contribution in [3.63, 3.8) is 0 Å². The van der Waals surface area contributed by atoms with Crippen molar-refractivity contribution in [3.8, 4) is 0 Å². The van der Waals surface area contributed by atoms with Crippen molar-refractivity contribution in [2.24, 2.45) is 14.1 Å². The number of hydrogen-bond acceptors (Lipinski definition) is 4. The average Bonchev–Trinajstić information content (AvgIpc) is 2.72. The molecule has 2 rings (SSSR count). The van der Waals surface area contributed by atoms with E-state index in [1.807, 2.05) is 29.4 Å². The number of hydrogen-bond donors (Lipinski definition) is 1. The maximum atomic E-state index is 4.14. The van der Waals surface area contributed by atoms with E-state index in [4.69, 9.17) is 0 Å². The summed E-state index contributed by atoms with van der Waals surface area (Å²) in [4.78, 5) is 4.14. The van der Waals surface area contributed by atoms with Crippen LogP contribution in [0, 0.1) is 0 Å². The molecule has 6 heteroatoms. The predicted octanol–water partition coefficient (Wildman–Crippen LogP) is 0.161. The zero-order valence-corrected chi connectivity index (χ0v) is 8.18. The van der Waals surface area contributed by atoms with Gasteiger partial charge in [-0.25, -0.2) is 4.98 Å². The second-order valence-electron chi connectivity index (χ2n) is 3.07. The summed E-state index contributed by atoms with van der Waals surface area (Å²) in [5, 5.41) is 10.9. The SMILES string of the molecule is Cn1cnnc1CNc1nccn1C. The van der Waals surface area contributed by atoms with Gasteiger partial charge >= 0.3 is 0 Å². The fraction of sp³-hybridized carbons (Fsp3) is 0.375. The molecular formula is C8H12N6. The van der Waals surface area contributed by atoms with Gasteiger partial charge in [0, 0.05) is 26.5 Å². The summed E-state index contributed by atoms with van der Waals surface area (Å²) < 4.78 is 3.78. The van der Waals surface area contributed by atoms with Crippen molar-refractivity contribution in [2.75, 3.05) is 5.32 Å². The lowest BCUT2D eigenvalue weighted by Crippen LogP contribution is -2.08. The molecule has 0 saturated heterocycles. The van der Waals surface area contributed by atoms with E-state index in [-0.39, 0.29) is 0 Å². The zero-order chi connectivity index (χ0) is 9.97. The lowest BCUT2D eigenvalue weighted by atomic mass is 10.6. The van der Waals surface area contributed by atoms with E-state index in [9.17, 15) is 0 Å². The molecule has 0 unspecified atom stereocenters. The highest BCUT2D eigenvalue weighted by molar-refractivity contribution is 5.25. The van der Waals surface area contributed by atoms with E-state index in [0.29, 0.717) is 6.54 Å². The van der Waals surface area contributed by atoms with Gasteiger partial charge in [0.1, 0.15) is 6.33 Å². The van der Waals surface area contributed by atoms with Crippen molar-refractivity contribution in [1.82, 2.24) is 24.3 Å². The molecule has 0 atom stereocenters. The normalized spacial score (nSPS) is 10.4. The quantitative estimate of drug-likeness (QED) is 0.752. The number of anilines is 1. The Bertz CT molecular complexity index is 375. The van der Waals surface area contributed by atoms with Gasteiger partial charge in [-0.3, -0.25) is 0 Å². The minimum absolute atomic E-state index is 0.626. The number of nitrogens with one attached hydrogen (secondary N) is 1. The fourth-order valence-electron chi connectivity index (χ4n) is 1.16. The average molecular weight is 192 g/mol. The van der Waals surface area contributed by atoms with Gasteiger partial charge in [0.2, 0.25) is 5.95 Å². The molecule has 0 spiro atoms. The highest BCUT2D eigenvalue weighted by Gasteiger charge is 2.02. The van der Waals surface area contributed by atoms with Crippen molar-refractivity contribution >= 4 is 5.95 Å². The molecule has 74 valence electrons. The number of rotatable bonds is 3. The number of nitrogens with zero attached hydrogens (tertiary/aromatic N) is 5. The van der Waals surface area contributed by atoms with E-state index in [0.717, 1.165) is 11.8 Å². The van der Waals surface area contributed by atoms with E-state index in [1.165, 1.54) is 0 Å². The topological polar surface area (TPSA) is 60.6 Å². The molecule has 0 fully saturated rings. The molecule has 0 aliphatic carbocycles. The second-order valence-corrected chi connectivity index (χ2v) is 3.07. The molecule has 0 saturated carbocycles. The first-order valence-electron chi connectivity index (χ1n) is 4.31. The molecule has 0 amide bonds. The van der Waals surface area contributed by atoms with Crippen molar-refractivity contribution in [3.05, 3.63) is 24.5 Å². The number of imidazole rings is 1. The number of aryl methyl sites for hydroxylation is 2. The first-order valence-corrected chi connectivity index (χ1v) is 4.31. The molecule has 0 radical (unpaired) electrons. The molecule has 2 aromatic heterocycles. The maximum absolute atomic E-state index is 4.14. The second kappa shape index (κ2) is 3.49. The van der Waals surface area contributed by atoms with Gasteiger partial charge in [-0.05, 0) is 0 Å². The highest BCUT2D eigenvalue weighted by atomic mass is 15.3. The van der Waals surface area contributed by atoms with Crippen LogP contribution in [0.1, 0.15) is 5.82 Å². The van der Waals surface area contributed by atoms with Gasteiger partial charge in [0.15, 0.2) is 5.82 Å². The molecule has 2 heterocycles. The largest absolute Gasteiger partial charge is 0.348 e. The molecule has 0 aliphatic rings. The predicted molar refractivity (Wildman–Crippen MR) is 51.5 cm³/mol. The monoisotopic (exact) mass is 192 g/mol. The molecule has 0 bridgehead atoms. The summed E-state index contributed by atoms with van der Waals surface area (Å²) in [6.07, 6.45) is 5.31. The molecule has 14 heavy (non-hydrogen) atoms. The van der Waals surface area contributed by atoms with Crippen molar-refractivity contribution < 1.29 is 0 Å². The van der Waals surface area contributed by atoms with Crippen LogP contribution >= 0.6 is 0 Å². The van der Waals surface area contributed by atoms with Gasteiger partial charge in [0.05, 0.1) is 6.54 Å². The summed E-state index contributed by atoms with van der Waals surface area (Å²) in [7, 11) is 3.85. The van der Waals surface area contributed by atoms with Crippen LogP contribution in [0.2, 0.25) is 0 Å². The van der Waals surface area contributed by atoms with Crippen LogP contribution in [0.15, 0.2) is 18.7 Å². The Hall–Kier alpha value is -1.85. The van der Waals surface area contributed by atoms with Gasteiger partial charge in [-0.2, -0.15) is 0 Å². The Morgan fingerprint density at radius 1 is 1.36 bits per heavy atom. The van der Waals surface area contributed by atoms with Crippen molar-refractivity contribution in [2.45, 2.75) is 6.54 Å². The minimum Gasteiger partial charge on any atom is -0.348 e. The van der Waals surface area contributed by atoms with E-state index < -0.39 is 0 Å². The molecular weight excluding hydrogens is 180 g/mol. The smallest absolute Gasteiger partial charge is 0.202 e. The highest BCUT2D eigenvalue weighted by Crippen LogP contribution is 2.02. The molecule has 6 nitrogen and oxygen atoms in total. The number of aromatic nitrogens is 5. The van der Waals surface area contributed by atoms with Crippen molar-refractivity contribution in [1.29, 1.82) is 0 Å². The van der Waals surface area contributed by atoms with Crippen LogP contribution in [0.5, 0.6) is 0 Å². The van der Waals surface area contributed by atoms with Gasteiger partial charge in [-0.15, -0.1) is 10.2 Å². The molecule has 2 aromatic rings. The first-order chi connectivity index (χ1) is 6.77. The Balaban J connectivity index is 2.02. The zero-order valence-electron chi connectivity index (χ0n) is 8.18. The van der Waals surface area contributed by atoms with E-state index in [1.54, 1.807) is 12.5 Å². The van der Waals surface area contributed by atoms with Gasteiger partial charge < -0.3 is 14.5 Å². The van der Waals surface area contributed by atoms with Crippen LogP contribution in [0.4, 0.5) is 5.95 Å². The standard InChI is InChI=1S/C8H12N6/c1-13-4-3-9-8(13)10-5-7-12-11-6-14(7)2/h3-4,6H,5H2,1-2H3,(H,9,10). The lowest BCUT2D eigenvalue weighted by molar-refractivity contribution is 0.798. The molecule has 1 N–H and O–H groups in total. The fourth-order valence-corrected chi connectivity index (χ4v) is 1.16. The van der Waals surface area contributed by atoms with E-state index >= 15 is 0 Å². The third kappa shape index (κ3) is 1.59. The Morgan fingerprint density at radius 2 is 2.21 bits per heavy atom. The Morgan fingerprint density at radius 3 is 2.79 bits per heavy atom. The van der Waals surface area contributed by atoms with Crippen LogP contribution in [0.25, 0.3) is 0 Å². The third-order valence-electron chi connectivity index (χ3n) is 2.03. The van der Waals surface area contributed by atoms with Gasteiger partial charge in [-0.1, -0.05) is 0 Å². The third-order valence-corrected chi connectivity index (χ3v) is 2.03. The summed E-state index contributed by atoms with van der Waals surface area (Å²) in [5.41, 5.74) is 0. The van der Waals surface area contributed by atoms with Gasteiger partial charge in [0.25, 0.3) is 0 Å². The van der Waals surface area contributed by atoms with Crippen LogP contribution in [0.3, 0.4) is 0 Å². The van der Waals surface area contributed by atoms with Crippen LogP contribution in [-0.4, -0.2) is 24.3 Å². The molecule has 0 aliphatic heterocycles. The summed E-state index contributed by atoms with van der Waals surface area (Å²) in [6, 6.07) is 0. The summed E-state index contributed by atoms with van der Waals surface area (Å²) in [6.45, 7) is 0.626. The Labute approximate surface area is 81.6 Å². The lowest BCUT2D eigenvalue weighted by Gasteiger charge is -2.04. The van der Waals surface area contributed by atoms with Crippen LogP contribution in [-0.2, 0) is 20.6 Å². The first kappa shape index (κ1) is 8.74. The maximum Gasteiger partial charge on any atom is 0.202 e. The van der Waals surface area contributed by atoms with E-state index in [2.05, 4.69) is 20.5 Å². The molecule has 0 aromatic carbocycles. The summed E-state index contributed by atoms with van der Waals surface area (Å²) in [5.74, 6) is 1.71.